The number of hydrogen-bond acceptors (Lipinski definition) is 4. The summed E-state index contributed by atoms with van der Waals surface area (Å²) in [6, 6.07) is 13.4. The third-order valence-corrected chi connectivity index (χ3v) is 3.43. The molecule has 0 saturated heterocycles. The van der Waals surface area contributed by atoms with Crippen molar-refractivity contribution < 1.29 is 4.79 Å². The number of amides is 1. The van der Waals surface area contributed by atoms with E-state index in [0.29, 0.717) is 27.1 Å². The Balaban J connectivity index is 2.08. The molecule has 0 bridgehead atoms. The Labute approximate surface area is 143 Å². The second kappa shape index (κ2) is 7.54. The number of hydrogen-bond donors (Lipinski definition) is 3. The zero-order chi connectivity index (χ0) is 16.8. The number of carbonyl (C=O) groups is 1. The fraction of sp³-hybridized carbons (Fsp3) is 0. The standard InChI is InChI=1S/C16H12Cl2N4O/c17-11-1-3-12(4-2-11)21-9-10(8-19)16(23)22-13-5-6-15(20)14(18)7-13/h1-7,9,21H,20H2,(H,22,23)/b10-9-. The minimum absolute atomic E-state index is 0.0899. The van der Waals surface area contributed by atoms with Crippen molar-refractivity contribution in [1.82, 2.24) is 0 Å². The first kappa shape index (κ1) is 16.7. The zero-order valence-corrected chi connectivity index (χ0v) is 13.3. The van der Waals surface area contributed by atoms with E-state index >= 15 is 0 Å². The van der Waals surface area contributed by atoms with Crippen molar-refractivity contribution in [3.05, 3.63) is 64.3 Å². The Morgan fingerprint density at radius 3 is 2.39 bits per heavy atom. The molecule has 5 nitrogen and oxygen atoms in total. The summed E-state index contributed by atoms with van der Waals surface area (Å²) in [5.74, 6) is -0.560. The highest BCUT2D eigenvalue weighted by atomic mass is 35.5. The quantitative estimate of drug-likeness (QED) is 0.442. The van der Waals surface area contributed by atoms with E-state index in [9.17, 15) is 4.79 Å². The van der Waals surface area contributed by atoms with Crippen molar-refractivity contribution >= 4 is 46.2 Å². The van der Waals surface area contributed by atoms with Crippen LogP contribution in [0.2, 0.25) is 10.0 Å². The number of nitriles is 1. The molecular formula is C16H12Cl2N4O. The monoisotopic (exact) mass is 346 g/mol. The predicted molar refractivity (Wildman–Crippen MR) is 93.3 cm³/mol. The lowest BCUT2D eigenvalue weighted by atomic mass is 10.2. The maximum absolute atomic E-state index is 12.1. The first-order valence-electron chi connectivity index (χ1n) is 6.48. The molecular weight excluding hydrogens is 335 g/mol. The summed E-state index contributed by atoms with van der Waals surface area (Å²) >= 11 is 11.7. The second-order valence-corrected chi connectivity index (χ2v) is 5.36. The molecule has 0 aliphatic rings. The van der Waals surface area contributed by atoms with Gasteiger partial charge in [-0.3, -0.25) is 4.79 Å². The average Bonchev–Trinajstić information content (AvgIpc) is 2.53. The van der Waals surface area contributed by atoms with Crippen LogP contribution in [0.15, 0.2) is 54.2 Å². The second-order valence-electron chi connectivity index (χ2n) is 4.51. The number of halogens is 2. The van der Waals surface area contributed by atoms with Gasteiger partial charge in [0.2, 0.25) is 0 Å². The van der Waals surface area contributed by atoms with Crippen LogP contribution in [0.3, 0.4) is 0 Å². The summed E-state index contributed by atoms with van der Waals surface area (Å²) in [5, 5.41) is 15.5. The molecule has 0 radical (unpaired) electrons. The van der Waals surface area contributed by atoms with E-state index in [1.807, 2.05) is 6.07 Å². The Morgan fingerprint density at radius 1 is 1.13 bits per heavy atom. The normalized spacial score (nSPS) is 10.7. The van der Waals surface area contributed by atoms with Crippen molar-refractivity contribution in [2.24, 2.45) is 0 Å². The van der Waals surface area contributed by atoms with Crippen molar-refractivity contribution in [2.75, 3.05) is 16.4 Å². The van der Waals surface area contributed by atoms with Gasteiger partial charge in [-0.05, 0) is 42.5 Å². The highest BCUT2D eigenvalue weighted by Gasteiger charge is 2.10. The van der Waals surface area contributed by atoms with Gasteiger partial charge in [-0.2, -0.15) is 5.26 Å². The SMILES string of the molecule is N#C/C(=C/Nc1ccc(Cl)cc1)C(=O)Nc1ccc(N)c(Cl)c1. The molecule has 2 aromatic carbocycles. The van der Waals surface area contributed by atoms with Gasteiger partial charge in [0.15, 0.2) is 0 Å². The number of nitrogens with zero attached hydrogens (tertiary/aromatic N) is 1. The number of anilines is 3. The van der Waals surface area contributed by atoms with Gasteiger partial charge in [-0.25, -0.2) is 0 Å². The summed E-state index contributed by atoms with van der Waals surface area (Å²) in [6.45, 7) is 0. The van der Waals surface area contributed by atoms with Crippen molar-refractivity contribution in [2.45, 2.75) is 0 Å². The Kier molecular flexibility index (Phi) is 5.47. The van der Waals surface area contributed by atoms with Gasteiger partial charge in [0.05, 0.1) is 10.7 Å². The lowest BCUT2D eigenvalue weighted by molar-refractivity contribution is -0.112. The van der Waals surface area contributed by atoms with Crippen LogP contribution in [0.25, 0.3) is 0 Å². The molecule has 0 aromatic heterocycles. The minimum Gasteiger partial charge on any atom is -0.398 e. The number of nitrogen functional groups attached to an aromatic ring is 1. The summed E-state index contributed by atoms with van der Waals surface area (Å²) in [6.07, 6.45) is 1.32. The Bertz CT molecular complexity index is 795. The fourth-order valence-corrected chi connectivity index (χ4v) is 1.96. The zero-order valence-electron chi connectivity index (χ0n) is 11.8. The molecule has 0 aliphatic carbocycles. The van der Waals surface area contributed by atoms with Gasteiger partial charge in [-0.15, -0.1) is 0 Å². The number of nitrogens with one attached hydrogen (secondary N) is 2. The largest absolute Gasteiger partial charge is 0.398 e. The highest BCUT2D eigenvalue weighted by Crippen LogP contribution is 2.23. The van der Waals surface area contributed by atoms with Crippen LogP contribution in [-0.4, -0.2) is 5.91 Å². The summed E-state index contributed by atoms with van der Waals surface area (Å²) in [5.41, 5.74) is 7.06. The van der Waals surface area contributed by atoms with E-state index < -0.39 is 5.91 Å². The van der Waals surface area contributed by atoms with E-state index in [4.69, 9.17) is 34.2 Å². The molecule has 0 aliphatic heterocycles. The van der Waals surface area contributed by atoms with Crippen molar-refractivity contribution in [3.63, 3.8) is 0 Å². The first-order valence-corrected chi connectivity index (χ1v) is 7.24. The summed E-state index contributed by atoms with van der Waals surface area (Å²) in [4.78, 5) is 12.1. The summed E-state index contributed by atoms with van der Waals surface area (Å²) < 4.78 is 0. The first-order chi connectivity index (χ1) is 11.0. The number of rotatable bonds is 4. The summed E-state index contributed by atoms with van der Waals surface area (Å²) in [7, 11) is 0. The van der Waals surface area contributed by atoms with Crippen LogP contribution < -0.4 is 16.4 Å². The van der Waals surface area contributed by atoms with Gasteiger partial charge >= 0.3 is 0 Å². The highest BCUT2D eigenvalue weighted by molar-refractivity contribution is 6.33. The lowest BCUT2D eigenvalue weighted by Crippen LogP contribution is -2.14. The third kappa shape index (κ3) is 4.65. The molecule has 2 rings (SSSR count). The number of nitrogens with two attached hydrogens (primary N) is 1. The molecule has 0 unspecified atom stereocenters. The van der Waals surface area contributed by atoms with Crippen molar-refractivity contribution in [1.29, 1.82) is 5.26 Å². The van der Waals surface area contributed by atoms with Crippen LogP contribution in [0.1, 0.15) is 0 Å². The maximum atomic E-state index is 12.1. The van der Waals surface area contributed by atoms with Crippen LogP contribution >= 0.6 is 23.2 Å². The molecule has 0 saturated carbocycles. The van der Waals surface area contributed by atoms with Crippen molar-refractivity contribution in [3.8, 4) is 6.07 Å². The van der Waals surface area contributed by atoms with Crippen LogP contribution in [0.5, 0.6) is 0 Å². The molecule has 0 fully saturated rings. The lowest BCUT2D eigenvalue weighted by Gasteiger charge is -2.06. The molecule has 116 valence electrons. The third-order valence-electron chi connectivity index (χ3n) is 2.85. The number of carbonyl (C=O) groups excluding carboxylic acids is 1. The van der Waals surface area contributed by atoms with Crippen LogP contribution in [0.4, 0.5) is 17.1 Å². The Morgan fingerprint density at radius 2 is 1.78 bits per heavy atom. The maximum Gasteiger partial charge on any atom is 0.267 e. The molecule has 0 spiro atoms. The average molecular weight is 347 g/mol. The van der Waals surface area contributed by atoms with Gasteiger partial charge in [0, 0.05) is 22.6 Å². The molecule has 0 heterocycles. The van der Waals surface area contributed by atoms with Gasteiger partial charge < -0.3 is 16.4 Å². The molecule has 2 aromatic rings. The molecule has 7 heteroatoms. The van der Waals surface area contributed by atoms with E-state index in [2.05, 4.69) is 10.6 Å². The molecule has 0 atom stereocenters. The fourth-order valence-electron chi connectivity index (χ4n) is 1.65. The van der Waals surface area contributed by atoms with Gasteiger partial charge in [0.25, 0.3) is 5.91 Å². The van der Waals surface area contributed by atoms with Crippen LogP contribution in [0, 0.1) is 11.3 Å². The minimum atomic E-state index is -0.560. The van der Waals surface area contributed by atoms with E-state index in [-0.39, 0.29) is 5.57 Å². The van der Waals surface area contributed by atoms with E-state index in [1.54, 1.807) is 36.4 Å². The topological polar surface area (TPSA) is 90.9 Å². The van der Waals surface area contributed by atoms with Gasteiger partial charge in [0.1, 0.15) is 11.6 Å². The smallest absolute Gasteiger partial charge is 0.267 e. The number of benzene rings is 2. The predicted octanol–water partition coefficient (Wildman–Crippen LogP) is 4.03. The Hall–Kier alpha value is -2.68. The van der Waals surface area contributed by atoms with Crippen LogP contribution in [-0.2, 0) is 4.79 Å². The van der Waals surface area contributed by atoms with Gasteiger partial charge in [-0.1, -0.05) is 23.2 Å². The van der Waals surface area contributed by atoms with E-state index in [1.165, 1.54) is 12.3 Å². The van der Waals surface area contributed by atoms with E-state index in [0.717, 1.165) is 0 Å². The molecule has 23 heavy (non-hydrogen) atoms. The molecule has 4 N–H and O–H groups in total. The molecule has 1 amide bonds.